The maximum Gasteiger partial charge on any atom is 0.303 e. The summed E-state index contributed by atoms with van der Waals surface area (Å²) in [7, 11) is 0. The molecule has 0 radical (unpaired) electrons. The lowest BCUT2D eigenvalue weighted by Gasteiger charge is -2.18. The lowest BCUT2D eigenvalue weighted by atomic mass is 10.3. The van der Waals surface area contributed by atoms with Crippen LogP contribution >= 0.6 is 0 Å². The van der Waals surface area contributed by atoms with Gasteiger partial charge in [-0.1, -0.05) is 24.3 Å². The van der Waals surface area contributed by atoms with Gasteiger partial charge in [-0.15, -0.1) is 0 Å². The highest BCUT2D eigenvalue weighted by atomic mass is 16.4. The first-order valence-corrected chi connectivity index (χ1v) is 6.27. The Morgan fingerprint density at radius 2 is 1.89 bits per heavy atom. The molecule has 0 bridgehead atoms. The summed E-state index contributed by atoms with van der Waals surface area (Å²) in [6.45, 7) is 2.84. The normalized spacial score (nSPS) is 10.8. The lowest BCUT2D eigenvalue weighted by Crippen LogP contribution is -2.16. The van der Waals surface area contributed by atoms with Crippen LogP contribution < -0.4 is 10.6 Å². The molecule has 1 aromatic heterocycles. The number of fused-ring (bicyclic) bond motifs is 1. The highest BCUT2D eigenvalue weighted by Gasteiger charge is 2.15. The number of benzene rings is 2. The first-order valence-electron chi connectivity index (χ1n) is 6.27. The van der Waals surface area contributed by atoms with E-state index in [4.69, 9.17) is 10.2 Å². The summed E-state index contributed by atoms with van der Waals surface area (Å²) >= 11 is 0. The zero-order valence-electron chi connectivity index (χ0n) is 10.7. The van der Waals surface area contributed by atoms with E-state index in [0.717, 1.165) is 12.2 Å². The Morgan fingerprint density at radius 3 is 2.58 bits per heavy atom. The molecule has 0 unspecified atom stereocenters. The SMILES string of the molecule is CCN(c1ccccc1)c1nc2c(N)cccc2o1. The summed E-state index contributed by atoms with van der Waals surface area (Å²) in [5.41, 5.74) is 9.02. The molecular weight excluding hydrogens is 238 g/mol. The number of nitrogens with two attached hydrogens (primary N) is 1. The van der Waals surface area contributed by atoms with E-state index in [2.05, 4.69) is 11.9 Å². The van der Waals surface area contributed by atoms with Crippen molar-refractivity contribution in [2.24, 2.45) is 0 Å². The third kappa shape index (κ3) is 2.01. The Balaban J connectivity index is 2.09. The van der Waals surface area contributed by atoms with Crippen LogP contribution in [0.3, 0.4) is 0 Å². The molecule has 1 heterocycles. The van der Waals surface area contributed by atoms with Gasteiger partial charge in [-0.2, -0.15) is 4.98 Å². The van der Waals surface area contributed by atoms with Crippen molar-refractivity contribution in [3.8, 4) is 0 Å². The number of oxazole rings is 1. The standard InChI is InChI=1S/C15H15N3O/c1-2-18(11-7-4-3-5-8-11)15-17-14-12(16)9-6-10-13(14)19-15/h3-10H,2,16H2,1H3. The molecule has 3 rings (SSSR count). The van der Waals surface area contributed by atoms with Crippen molar-refractivity contribution in [3.05, 3.63) is 48.5 Å². The predicted octanol–water partition coefficient (Wildman–Crippen LogP) is 3.57. The van der Waals surface area contributed by atoms with Crippen molar-refractivity contribution in [1.82, 2.24) is 4.98 Å². The van der Waals surface area contributed by atoms with E-state index in [0.29, 0.717) is 22.8 Å². The van der Waals surface area contributed by atoms with Crippen LogP contribution in [0.15, 0.2) is 52.9 Å². The van der Waals surface area contributed by atoms with Gasteiger partial charge >= 0.3 is 6.01 Å². The van der Waals surface area contributed by atoms with E-state index >= 15 is 0 Å². The number of hydrogen-bond acceptors (Lipinski definition) is 4. The van der Waals surface area contributed by atoms with Gasteiger partial charge in [0.25, 0.3) is 0 Å². The van der Waals surface area contributed by atoms with E-state index in [1.54, 1.807) is 0 Å². The fourth-order valence-corrected chi connectivity index (χ4v) is 2.11. The second-order valence-electron chi connectivity index (χ2n) is 4.27. The van der Waals surface area contributed by atoms with Crippen LogP contribution in [-0.4, -0.2) is 11.5 Å². The molecule has 3 aromatic rings. The largest absolute Gasteiger partial charge is 0.423 e. The minimum Gasteiger partial charge on any atom is -0.423 e. The molecule has 0 aliphatic rings. The molecule has 0 atom stereocenters. The van der Waals surface area contributed by atoms with Gasteiger partial charge in [-0.3, -0.25) is 4.90 Å². The Labute approximate surface area is 111 Å². The molecule has 96 valence electrons. The number of para-hydroxylation sites is 2. The van der Waals surface area contributed by atoms with Gasteiger partial charge in [0.1, 0.15) is 5.52 Å². The number of aromatic nitrogens is 1. The highest BCUT2D eigenvalue weighted by molar-refractivity contribution is 5.86. The van der Waals surface area contributed by atoms with Crippen LogP contribution in [0.1, 0.15) is 6.92 Å². The fourth-order valence-electron chi connectivity index (χ4n) is 2.11. The Bertz CT molecular complexity index is 691. The van der Waals surface area contributed by atoms with Crippen molar-refractivity contribution >= 4 is 28.5 Å². The molecule has 4 nitrogen and oxygen atoms in total. The van der Waals surface area contributed by atoms with Crippen molar-refractivity contribution in [1.29, 1.82) is 0 Å². The highest BCUT2D eigenvalue weighted by Crippen LogP contribution is 2.29. The predicted molar refractivity (Wildman–Crippen MR) is 77.5 cm³/mol. The number of nitrogen functional groups attached to an aromatic ring is 1. The molecule has 4 heteroatoms. The van der Waals surface area contributed by atoms with Crippen LogP contribution in [0.4, 0.5) is 17.4 Å². The van der Waals surface area contributed by atoms with Gasteiger partial charge in [-0.25, -0.2) is 0 Å². The number of anilines is 3. The lowest BCUT2D eigenvalue weighted by molar-refractivity contribution is 0.595. The summed E-state index contributed by atoms with van der Waals surface area (Å²) < 4.78 is 5.79. The van der Waals surface area contributed by atoms with E-state index in [-0.39, 0.29) is 0 Å². The Kier molecular flexibility index (Phi) is 2.83. The van der Waals surface area contributed by atoms with Crippen LogP contribution in [0, 0.1) is 0 Å². The van der Waals surface area contributed by atoms with Crippen LogP contribution in [0.25, 0.3) is 11.1 Å². The molecule has 0 aliphatic carbocycles. The summed E-state index contributed by atoms with van der Waals surface area (Å²) in [5.74, 6) is 0. The van der Waals surface area contributed by atoms with E-state index in [1.165, 1.54) is 0 Å². The number of rotatable bonds is 3. The van der Waals surface area contributed by atoms with Crippen LogP contribution in [-0.2, 0) is 0 Å². The van der Waals surface area contributed by atoms with Gasteiger partial charge in [0, 0.05) is 12.2 Å². The zero-order chi connectivity index (χ0) is 13.2. The molecule has 0 aliphatic heterocycles. The van der Waals surface area contributed by atoms with E-state index in [9.17, 15) is 0 Å². The number of nitrogens with zero attached hydrogens (tertiary/aromatic N) is 2. The second kappa shape index (κ2) is 4.65. The monoisotopic (exact) mass is 253 g/mol. The van der Waals surface area contributed by atoms with Gasteiger partial charge in [0.05, 0.1) is 5.69 Å². The molecule has 2 N–H and O–H groups in total. The Morgan fingerprint density at radius 1 is 1.11 bits per heavy atom. The van der Waals surface area contributed by atoms with Crippen molar-refractivity contribution in [2.45, 2.75) is 6.92 Å². The first kappa shape index (κ1) is 11.6. The summed E-state index contributed by atoms with van der Waals surface area (Å²) in [6, 6.07) is 16.2. The van der Waals surface area contributed by atoms with Crippen molar-refractivity contribution in [2.75, 3.05) is 17.2 Å². The third-order valence-corrected chi connectivity index (χ3v) is 3.05. The Hall–Kier alpha value is -2.49. The summed E-state index contributed by atoms with van der Waals surface area (Å²) in [6.07, 6.45) is 0. The molecular formula is C15H15N3O. The van der Waals surface area contributed by atoms with E-state index in [1.807, 2.05) is 53.4 Å². The van der Waals surface area contributed by atoms with Crippen molar-refractivity contribution < 1.29 is 4.42 Å². The maximum absolute atomic E-state index is 5.91. The molecule has 2 aromatic carbocycles. The zero-order valence-corrected chi connectivity index (χ0v) is 10.7. The smallest absolute Gasteiger partial charge is 0.303 e. The molecule has 0 saturated carbocycles. The number of hydrogen-bond donors (Lipinski definition) is 1. The van der Waals surface area contributed by atoms with E-state index < -0.39 is 0 Å². The first-order chi connectivity index (χ1) is 9.29. The minimum atomic E-state index is 0.571. The molecule has 0 saturated heterocycles. The average Bonchev–Trinajstić information content (AvgIpc) is 2.86. The average molecular weight is 253 g/mol. The van der Waals surface area contributed by atoms with Gasteiger partial charge < -0.3 is 10.2 Å². The molecule has 19 heavy (non-hydrogen) atoms. The topological polar surface area (TPSA) is 55.3 Å². The summed E-state index contributed by atoms with van der Waals surface area (Å²) in [5, 5.41) is 0. The van der Waals surface area contributed by atoms with Crippen molar-refractivity contribution in [3.63, 3.8) is 0 Å². The van der Waals surface area contributed by atoms with Gasteiger partial charge in [0.15, 0.2) is 5.58 Å². The fraction of sp³-hybridized carbons (Fsp3) is 0.133. The minimum absolute atomic E-state index is 0.571. The molecule has 0 spiro atoms. The quantitative estimate of drug-likeness (QED) is 0.725. The van der Waals surface area contributed by atoms with Gasteiger partial charge in [0.2, 0.25) is 0 Å². The maximum atomic E-state index is 5.91. The third-order valence-electron chi connectivity index (χ3n) is 3.05. The molecule has 0 fully saturated rings. The van der Waals surface area contributed by atoms with Crippen LogP contribution in [0.2, 0.25) is 0 Å². The van der Waals surface area contributed by atoms with Crippen LogP contribution in [0.5, 0.6) is 0 Å². The molecule has 0 amide bonds. The second-order valence-corrected chi connectivity index (χ2v) is 4.27. The van der Waals surface area contributed by atoms with Gasteiger partial charge in [-0.05, 0) is 31.2 Å². The summed E-state index contributed by atoms with van der Waals surface area (Å²) in [4.78, 5) is 6.51.